The molecule has 2 heterocycles. The Labute approximate surface area is 106 Å². The highest BCUT2D eigenvalue weighted by atomic mass is 16.5. The predicted octanol–water partition coefficient (Wildman–Crippen LogP) is 0.333. The first-order valence-corrected chi connectivity index (χ1v) is 6.24. The van der Waals surface area contributed by atoms with Crippen molar-refractivity contribution in [3.63, 3.8) is 0 Å². The Bertz CT molecular complexity index is 445. The second-order valence-corrected chi connectivity index (χ2v) is 4.23. The van der Waals surface area contributed by atoms with Gasteiger partial charge in [0.05, 0.1) is 25.4 Å². The molecule has 1 aliphatic heterocycles. The number of H-pyrrole nitrogens is 1. The van der Waals surface area contributed by atoms with Crippen molar-refractivity contribution in [2.75, 3.05) is 38.8 Å². The molecular formula is C12H19N3O3. The van der Waals surface area contributed by atoms with Crippen LogP contribution in [-0.2, 0) is 22.3 Å². The molecule has 0 amide bonds. The van der Waals surface area contributed by atoms with Crippen molar-refractivity contribution in [3.8, 4) is 0 Å². The molecule has 6 heteroatoms. The van der Waals surface area contributed by atoms with E-state index in [4.69, 9.17) is 9.47 Å². The fraction of sp³-hybridized carbons (Fsp3) is 0.667. The van der Waals surface area contributed by atoms with Crippen molar-refractivity contribution >= 4 is 5.82 Å². The maximum Gasteiger partial charge on any atom is 0.256 e. The van der Waals surface area contributed by atoms with E-state index in [9.17, 15) is 4.79 Å². The molecule has 6 nitrogen and oxygen atoms in total. The molecular weight excluding hydrogens is 234 g/mol. The average Bonchev–Trinajstić information content (AvgIpc) is 2.39. The van der Waals surface area contributed by atoms with E-state index in [0.717, 1.165) is 30.8 Å². The Hall–Kier alpha value is -1.40. The highest BCUT2D eigenvalue weighted by molar-refractivity contribution is 5.44. The molecule has 0 atom stereocenters. The topological polar surface area (TPSA) is 76.2 Å². The van der Waals surface area contributed by atoms with E-state index in [-0.39, 0.29) is 5.56 Å². The molecule has 0 aliphatic carbocycles. The Morgan fingerprint density at radius 2 is 2.22 bits per heavy atom. The lowest BCUT2D eigenvalue weighted by Crippen LogP contribution is -2.25. The predicted molar refractivity (Wildman–Crippen MR) is 68.1 cm³/mol. The third kappa shape index (κ3) is 3.30. The summed E-state index contributed by atoms with van der Waals surface area (Å²) in [5.74, 6) is 1.41. The summed E-state index contributed by atoms with van der Waals surface area (Å²) in [5.41, 5.74) is 0.740. The molecule has 100 valence electrons. The summed E-state index contributed by atoms with van der Waals surface area (Å²) in [5, 5.41) is 3.16. The van der Waals surface area contributed by atoms with Gasteiger partial charge in [-0.05, 0) is 12.8 Å². The zero-order valence-electron chi connectivity index (χ0n) is 10.6. The highest BCUT2D eigenvalue weighted by Gasteiger charge is 2.14. The van der Waals surface area contributed by atoms with Gasteiger partial charge in [0.25, 0.3) is 5.56 Å². The Morgan fingerprint density at radius 1 is 1.33 bits per heavy atom. The summed E-state index contributed by atoms with van der Waals surface area (Å²) in [7, 11) is 1.64. The monoisotopic (exact) mass is 253 g/mol. The largest absolute Gasteiger partial charge is 0.382 e. The van der Waals surface area contributed by atoms with Crippen LogP contribution >= 0.6 is 0 Å². The average molecular weight is 253 g/mol. The minimum atomic E-state index is -0.0286. The molecule has 1 aromatic heterocycles. The summed E-state index contributed by atoms with van der Waals surface area (Å²) < 4.78 is 10.2. The number of rotatable bonds is 6. The molecule has 1 aromatic rings. The van der Waals surface area contributed by atoms with Gasteiger partial charge >= 0.3 is 0 Å². The summed E-state index contributed by atoms with van der Waals surface area (Å²) in [6.07, 6.45) is 2.39. The first-order chi connectivity index (χ1) is 8.81. The normalized spacial score (nSPS) is 14.1. The van der Waals surface area contributed by atoms with Gasteiger partial charge in [0.1, 0.15) is 11.6 Å². The zero-order chi connectivity index (χ0) is 12.8. The van der Waals surface area contributed by atoms with Gasteiger partial charge < -0.3 is 19.8 Å². The summed E-state index contributed by atoms with van der Waals surface area (Å²) >= 11 is 0. The lowest BCUT2D eigenvalue weighted by atomic mass is 10.1. The van der Waals surface area contributed by atoms with Gasteiger partial charge in [-0.25, -0.2) is 4.98 Å². The number of methoxy groups -OCH3 is 1. The maximum absolute atomic E-state index is 11.8. The van der Waals surface area contributed by atoms with E-state index in [2.05, 4.69) is 15.3 Å². The van der Waals surface area contributed by atoms with Crippen molar-refractivity contribution in [1.29, 1.82) is 0 Å². The standard InChI is InChI=1S/C12H19N3O3/c1-17-7-8-18-6-4-10-14-11-9(12(16)15-10)3-2-5-13-11/h2-8H2,1H3,(H2,13,14,15,16). The van der Waals surface area contributed by atoms with Crippen LogP contribution in [0, 0.1) is 0 Å². The quantitative estimate of drug-likeness (QED) is 0.715. The van der Waals surface area contributed by atoms with E-state index >= 15 is 0 Å². The van der Waals surface area contributed by atoms with Gasteiger partial charge in [0, 0.05) is 20.1 Å². The lowest BCUT2D eigenvalue weighted by Gasteiger charge is -2.16. The zero-order valence-corrected chi connectivity index (χ0v) is 10.6. The number of anilines is 1. The molecule has 0 radical (unpaired) electrons. The second kappa shape index (κ2) is 6.51. The Morgan fingerprint density at radius 3 is 3.06 bits per heavy atom. The molecule has 2 rings (SSSR count). The molecule has 0 bridgehead atoms. The number of nitrogens with zero attached hydrogens (tertiary/aromatic N) is 1. The minimum Gasteiger partial charge on any atom is -0.382 e. The van der Waals surface area contributed by atoms with Crippen LogP contribution in [0.3, 0.4) is 0 Å². The third-order valence-electron chi connectivity index (χ3n) is 2.88. The molecule has 0 unspecified atom stereocenters. The highest BCUT2D eigenvalue weighted by Crippen LogP contribution is 2.14. The van der Waals surface area contributed by atoms with E-state index in [1.165, 1.54) is 0 Å². The van der Waals surface area contributed by atoms with Crippen molar-refractivity contribution in [2.24, 2.45) is 0 Å². The van der Waals surface area contributed by atoms with Gasteiger partial charge in [-0.2, -0.15) is 0 Å². The second-order valence-electron chi connectivity index (χ2n) is 4.23. The molecule has 0 saturated carbocycles. The number of ether oxygens (including phenoxy) is 2. The number of hydrogen-bond donors (Lipinski definition) is 2. The third-order valence-corrected chi connectivity index (χ3v) is 2.88. The lowest BCUT2D eigenvalue weighted by molar-refractivity contribution is 0.0716. The van der Waals surface area contributed by atoms with E-state index < -0.39 is 0 Å². The molecule has 0 fully saturated rings. The maximum atomic E-state index is 11.8. The number of aromatic amines is 1. The molecule has 0 saturated heterocycles. The van der Waals surface area contributed by atoms with Crippen LogP contribution < -0.4 is 10.9 Å². The van der Waals surface area contributed by atoms with Crippen LogP contribution in [0.15, 0.2) is 4.79 Å². The van der Waals surface area contributed by atoms with E-state index in [1.54, 1.807) is 7.11 Å². The van der Waals surface area contributed by atoms with Gasteiger partial charge in [0.15, 0.2) is 0 Å². The van der Waals surface area contributed by atoms with Crippen LogP contribution in [0.4, 0.5) is 5.82 Å². The van der Waals surface area contributed by atoms with E-state index in [0.29, 0.717) is 32.1 Å². The van der Waals surface area contributed by atoms with Gasteiger partial charge in [0.2, 0.25) is 0 Å². The van der Waals surface area contributed by atoms with Gasteiger partial charge in [-0.1, -0.05) is 0 Å². The van der Waals surface area contributed by atoms with Crippen LogP contribution in [0.25, 0.3) is 0 Å². The fourth-order valence-electron chi connectivity index (χ4n) is 1.93. The summed E-state index contributed by atoms with van der Waals surface area (Å²) in [6.45, 7) is 2.55. The number of aromatic nitrogens is 2. The number of hydrogen-bond acceptors (Lipinski definition) is 5. The van der Waals surface area contributed by atoms with E-state index in [1.807, 2.05) is 0 Å². The fourth-order valence-corrected chi connectivity index (χ4v) is 1.93. The Balaban J connectivity index is 1.93. The van der Waals surface area contributed by atoms with Crippen molar-refractivity contribution in [1.82, 2.24) is 9.97 Å². The van der Waals surface area contributed by atoms with Crippen LogP contribution in [0.5, 0.6) is 0 Å². The van der Waals surface area contributed by atoms with Crippen molar-refractivity contribution < 1.29 is 9.47 Å². The smallest absolute Gasteiger partial charge is 0.256 e. The van der Waals surface area contributed by atoms with Crippen LogP contribution in [-0.4, -0.2) is 43.4 Å². The Kier molecular flexibility index (Phi) is 4.72. The minimum absolute atomic E-state index is 0.0286. The van der Waals surface area contributed by atoms with Gasteiger partial charge in [-0.3, -0.25) is 4.79 Å². The number of nitrogens with one attached hydrogen (secondary N) is 2. The number of fused-ring (bicyclic) bond motifs is 1. The first kappa shape index (κ1) is 13.0. The van der Waals surface area contributed by atoms with Crippen molar-refractivity contribution in [2.45, 2.75) is 19.3 Å². The molecule has 18 heavy (non-hydrogen) atoms. The molecule has 1 aliphatic rings. The summed E-state index contributed by atoms with van der Waals surface area (Å²) in [4.78, 5) is 19.0. The van der Waals surface area contributed by atoms with Gasteiger partial charge in [-0.15, -0.1) is 0 Å². The van der Waals surface area contributed by atoms with Crippen LogP contribution in [0.1, 0.15) is 17.8 Å². The van der Waals surface area contributed by atoms with Crippen molar-refractivity contribution in [3.05, 3.63) is 21.7 Å². The molecule has 0 spiro atoms. The van der Waals surface area contributed by atoms with Crippen LogP contribution in [0.2, 0.25) is 0 Å². The molecule has 2 N–H and O–H groups in total. The summed E-state index contributed by atoms with van der Waals surface area (Å²) in [6, 6.07) is 0. The SMILES string of the molecule is COCCOCCc1nc2c(c(=O)[nH]1)CCCN2. The first-order valence-electron chi connectivity index (χ1n) is 6.24. The molecule has 0 aromatic carbocycles.